The maximum atomic E-state index is 12.3. The maximum Gasteiger partial charge on any atom is 0.323 e. The number of rotatable bonds is 5. The van der Waals surface area contributed by atoms with Crippen LogP contribution in [-0.2, 0) is 4.74 Å². The molecule has 0 radical (unpaired) electrons. The summed E-state index contributed by atoms with van der Waals surface area (Å²) in [5.41, 5.74) is 2.69. The van der Waals surface area contributed by atoms with Crippen LogP contribution in [0.25, 0.3) is 11.0 Å². The van der Waals surface area contributed by atoms with Gasteiger partial charge in [0.15, 0.2) is 0 Å². The molecule has 2 N–H and O–H groups in total. The molecule has 3 aromatic carbocycles. The van der Waals surface area contributed by atoms with Gasteiger partial charge in [0, 0.05) is 30.5 Å². The van der Waals surface area contributed by atoms with Crippen molar-refractivity contribution in [2.75, 3.05) is 41.8 Å². The highest BCUT2D eigenvalue weighted by Crippen LogP contribution is 2.27. The number of benzene rings is 3. The van der Waals surface area contributed by atoms with Crippen molar-refractivity contribution in [3.05, 3.63) is 76.9 Å². The molecule has 1 saturated heterocycles. The van der Waals surface area contributed by atoms with Crippen LogP contribution in [0.2, 0.25) is 10.0 Å². The van der Waals surface area contributed by atoms with Crippen LogP contribution < -0.4 is 20.3 Å². The lowest BCUT2D eigenvalue weighted by molar-refractivity contribution is 0.122. The molecule has 178 valence electrons. The van der Waals surface area contributed by atoms with E-state index in [0.717, 1.165) is 29.9 Å². The summed E-state index contributed by atoms with van der Waals surface area (Å²) in [6.45, 7) is 2.96. The van der Waals surface area contributed by atoms with E-state index in [1.165, 1.54) is 0 Å². The minimum Gasteiger partial charge on any atom is -0.457 e. The third-order valence-electron chi connectivity index (χ3n) is 5.36. The molecule has 0 saturated carbocycles. The lowest BCUT2D eigenvalue weighted by Crippen LogP contribution is -2.36. The molecule has 0 bridgehead atoms. The molecule has 1 aliphatic rings. The second kappa shape index (κ2) is 10.4. The van der Waals surface area contributed by atoms with E-state index in [4.69, 9.17) is 37.7 Å². The number of amides is 2. The first-order valence-electron chi connectivity index (χ1n) is 10.9. The number of fused-ring (bicyclic) bond motifs is 1. The number of hydrogen-bond donors (Lipinski definition) is 2. The molecular formula is C25H21Cl2N5O3. The summed E-state index contributed by atoms with van der Waals surface area (Å²) in [7, 11) is 0. The van der Waals surface area contributed by atoms with E-state index in [9.17, 15) is 4.79 Å². The number of halogens is 2. The Labute approximate surface area is 211 Å². The highest BCUT2D eigenvalue weighted by Gasteiger charge is 2.14. The fourth-order valence-electron chi connectivity index (χ4n) is 3.60. The number of nitrogens with zero attached hydrogens (tertiary/aromatic N) is 3. The molecular weight excluding hydrogens is 489 g/mol. The second-order valence-corrected chi connectivity index (χ2v) is 8.63. The molecule has 8 nitrogen and oxygen atoms in total. The average molecular weight is 510 g/mol. The summed E-state index contributed by atoms with van der Waals surface area (Å²) >= 11 is 11.9. The van der Waals surface area contributed by atoms with Gasteiger partial charge in [-0.25, -0.2) is 9.78 Å². The Morgan fingerprint density at radius 3 is 2.34 bits per heavy atom. The monoisotopic (exact) mass is 509 g/mol. The molecule has 2 heterocycles. The predicted molar refractivity (Wildman–Crippen MR) is 138 cm³/mol. The SMILES string of the molecule is O=C(Nc1ccc(Oc2ccc3ncc(N4CCOCC4)nc3c2)cc1)Nc1ccc(Cl)c(Cl)c1. The lowest BCUT2D eigenvalue weighted by Gasteiger charge is -2.27. The van der Waals surface area contributed by atoms with Gasteiger partial charge in [0.05, 0.1) is 40.5 Å². The molecule has 0 atom stereocenters. The molecule has 1 fully saturated rings. The number of morpholine rings is 1. The maximum absolute atomic E-state index is 12.3. The van der Waals surface area contributed by atoms with Crippen LogP contribution in [0, 0.1) is 0 Å². The van der Waals surface area contributed by atoms with Gasteiger partial charge in [-0.15, -0.1) is 0 Å². The first-order valence-corrected chi connectivity index (χ1v) is 11.7. The largest absolute Gasteiger partial charge is 0.457 e. The van der Waals surface area contributed by atoms with Crippen LogP contribution in [-0.4, -0.2) is 42.3 Å². The molecule has 1 aromatic heterocycles. The first-order chi connectivity index (χ1) is 17.0. The van der Waals surface area contributed by atoms with Gasteiger partial charge in [-0.1, -0.05) is 23.2 Å². The average Bonchev–Trinajstić information content (AvgIpc) is 2.87. The van der Waals surface area contributed by atoms with Crippen LogP contribution in [0.4, 0.5) is 22.0 Å². The van der Waals surface area contributed by atoms with Gasteiger partial charge in [0.1, 0.15) is 17.3 Å². The molecule has 0 spiro atoms. The van der Waals surface area contributed by atoms with Crippen molar-refractivity contribution in [2.24, 2.45) is 0 Å². The van der Waals surface area contributed by atoms with Crippen molar-refractivity contribution in [3.8, 4) is 11.5 Å². The Morgan fingerprint density at radius 1 is 0.857 bits per heavy atom. The lowest BCUT2D eigenvalue weighted by atomic mass is 10.2. The number of carbonyl (C=O) groups is 1. The van der Waals surface area contributed by atoms with E-state index in [-0.39, 0.29) is 0 Å². The van der Waals surface area contributed by atoms with E-state index in [1.54, 1.807) is 48.7 Å². The first kappa shape index (κ1) is 23.2. The minimum absolute atomic E-state index is 0.364. The van der Waals surface area contributed by atoms with Gasteiger partial charge in [-0.3, -0.25) is 4.98 Å². The Kier molecular flexibility index (Phi) is 6.85. The van der Waals surface area contributed by atoms with Crippen molar-refractivity contribution < 1.29 is 14.3 Å². The van der Waals surface area contributed by atoms with E-state index >= 15 is 0 Å². The Bertz CT molecular complexity index is 1360. The number of aromatic nitrogens is 2. The third-order valence-corrected chi connectivity index (χ3v) is 6.10. The summed E-state index contributed by atoms with van der Waals surface area (Å²) in [5, 5.41) is 6.26. The van der Waals surface area contributed by atoms with Crippen molar-refractivity contribution in [3.63, 3.8) is 0 Å². The van der Waals surface area contributed by atoms with Gasteiger partial charge in [-0.05, 0) is 54.6 Å². The fourth-order valence-corrected chi connectivity index (χ4v) is 3.90. The summed E-state index contributed by atoms with van der Waals surface area (Å²) < 4.78 is 11.4. The van der Waals surface area contributed by atoms with Crippen molar-refractivity contribution in [1.82, 2.24) is 9.97 Å². The summed E-state index contributed by atoms with van der Waals surface area (Å²) in [6.07, 6.45) is 1.79. The normalized spacial score (nSPS) is 13.5. The van der Waals surface area contributed by atoms with Crippen molar-refractivity contribution in [2.45, 2.75) is 0 Å². The fraction of sp³-hybridized carbons (Fsp3) is 0.160. The van der Waals surface area contributed by atoms with Crippen molar-refractivity contribution in [1.29, 1.82) is 0 Å². The number of hydrogen-bond acceptors (Lipinski definition) is 6. The zero-order chi connectivity index (χ0) is 24.2. The summed E-state index contributed by atoms with van der Waals surface area (Å²) in [5.74, 6) is 2.09. The topological polar surface area (TPSA) is 88.6 Å². The Balaban J connectivity index is 1.23. The molecule has 35 heavy (non-hydrogen) atoms. The van der Waals surface area contributed by atoms with Gasteiger partial charge in [-0.2, -0.15) is 0 Å². The number of carbonyl (C=O) groups excluding carboxylic acids is 1. The molecule has 2 amide bonds. The number of ether oxygens (including phenoxy) is 2. The Hall–Kier alpha value is -3.59. The van der Waals surface area contributed by atoms with Crippen LogP contribution in [0.1, 0.15) is 0 Å². The van der Waals surface area contributed by atoms with Crippen LogP contribution >= 0.6 is 23.2 Å². The van der Waals surface area contributed by atoms with Crippen molar-refractivity contribution >= 4 is 57.5 Å². The molecule has 0 aliphatic carbocycles. The zero-order valence-electron chi connectivity index (χ0n) is 18.5. The van der Waals surface area contributed by atoms with Gasteiger partial charge in [0.2, 0.25) is 0 Å². The zero-order valence-corrected chi connectivity index (χ0v) is 20.0. The van der Waals surface area contributed by atoms with Crippen LogP contribution in [0.5, 0.6) is 11.5 Å². The number of nitrogens with one attached hydrogen (secondary N) is 2. The van der Waals surface area contributed by atoms with E-state index < -0.39 is 6.03 Å². The highest BCUT2D eigenvalue weighted by molar-refractivity contribution is 6.42. The van der Waals surface area contributed by atoms with Crippen LogP contribution in [0.3, 0.4) is 0 Å². The third kappa shape index (κ3) is 5.74. The second-order valence-electron chi connectivity index (χ2n) is 7.81. The summed E-state index contributed by atoms with van der Waals surface area (Å²) in [4.78, 5) is 23.7. The van der Waals surface area contributed by atoms with E-state index in [0.29, 0.717) is 46.1 Å². The molecule has 0 unspecified atom stereocenters. The molecule has 10 heteroatoms. The van der Waals surface area contributed by atoms with E-state index in [2.05, 4.69) is 20.5 Å². The molecule has 1 aliphatic heterocycles. The standard InChI is InChI=1S/C25H21Cl2N5O3/c26-20-7-3-17(13-21(20)27)30-25(33)29-16-1-4-18(5-2-16)35-19-6-8-22-23(14-19)31-24(15-28-22)32-9-11-34-12-10-32/h1-8,13-15H,9-12H2,(H2,29,30,33). The Morgan fingerprint density at radius 2 is 1.57 bits per heavy atom. The number of anilines is 3. The number of urea groups is 1. The smallest absolute Gasteiger partial charge is 0.323 e. The van der Waals surface area contributed by atoms with Gasteiger partial charge >= 0.3 is 6.03 Å². The minimum atomic E-state index is -0.402. The van der Waals surface area contributed by atoms with E-state index in [1.807, 2.05) is 18.2 Å². The molecule has 4 aromatic rings. The molecule has 5 rings (SSSR count). The van der Waals surface area contributed by atoms with Gasteiger partial charge in [0.25, 0.3) is 0 Å². The summed E-state index contributed by atoms with van der Waals surface area (Å²) in [6, 6.07) is 17.1. The predicted octanol–water partition coefficient (Wildman–Crippen LogP) is 6.21. The quantitative estimate of drug-likeness (QED) is 0.332. The highest BCUT2D eigenvalue weighted by atomic mass is 35.5. The van der Waals surface area contributed by atoms with Crippen LogP contribution in [0.15, 0.2) is 66.9 Å². The van der Waals surface area contributed by atoms with Gasteiger partial charge < -0.3 is 25.0 Å².